The Hall–Kier alpha value is -8.98. The molecule has 0 atom stereocenters. The number of hydrogen-bond donors (Lipinski definition) is 0. The van der Waals surface area contributed by atoms with Crippen molar-refractivity contribution in [3.8, 4) is 55.6 Å². The summed E-state index contributed by atoms with van der Waals surface area (Å²) in [5, 5.41) is 2.15. The maximum absolute atomic E-state index is 7.07. The van der Waals surface area contributed by atoms with Crippen molar-refractivity contribution in [1.82, 2.24) is 0 Å². The highest BCUT2D eigenvalue weighted by Gasteiger charge is 2.49. The lowest BCUT2D eigenvalue weighted by molar-refractivity contribution is 0.666. The number of fused-ring (bicyclic) bond motifs is 6. The molecule has 0 fully saturated rings. The highest BCUT2D eigenvalue weighted by molar-refractivity contribution is 6.19. The molecule has 0 unspecified atom stereocenters. The average molecular weight is 880 g/mol. The largest absolute Gasteiger partial charge is 0.456 e. The summed E-state index contributed by atoms with van der Waals surface area (Å²) in [5.74, 6) is 0. The number of furan rings is 1. The quantitative estimate of drug-likeness (QED) is 0.144. The number of anilines is 3. The van der Waals surface area contributed by atoms with Gasteiger partial charge in [0.2, 0.25) is 0 Å². The second-order valence-corrected chi connectivity index (χ2v) is 18.0. The molecule has 0 N–H and O–H groups in total. The highest BCUT2D eigenvalue weighted by atomic mass is 16.3. The van der Waals surface area contributed by atoms with Gasteiger partial charge in [-0.05, 0) is 115 Å². The van der Waals surface area contributed by atoms with E-state index in [2.05, 4.69) is 278 Å². The van der Waals surface area contributed by atoms with E-state index in [9.17, 15) is 0 Å². The lowest BCUT2D eigenvalue weighted by Gasteiger charge is -2.35. The molecule has 2 nitrogen and oxygen atoms in total. The minimum atomic E-state index is -0.696. The van der Waals surface area contributed by atoms with E-state index in [0.29, 0.717) is 0 Å². The van der Waals surface area contributed by atoms with Crippen molar-refractivity contribution in [2.45, 2.75) is 5.41 Å². The van der Waals surface area contributed by atoms with Gasteiger partial charge in [-0.15, -0.1) is 0 Å². The van der Waals surface area contributed by atoms with Crippen molar-refractivity contribution < 1.29 is 4.42 Å². The van der Waals surface area contributed by atoms with Crippen LogP contribution in [0.4, 0.5) is 17.1 Å². The zero-order chi connectivity index (χ0) is 45.7. The Morgan fingerprint density at radius 3 is 1.19 bits per heavy atom. The Morgan fingerprint density at radius 2 is 0.696 bits per heavy atom. The summed E-state index contributed by atoms with van der Waals surface area (Å²) < 4.78 is 7.07. The SMILES string of the molecule is c1ccc(-c2ccc(-c3ccc(N(c4ccc(-c5ccccc5)cc4)c4c5c(cc6oc7ccccc7c46)C(c4ccccc4)(c4ccccc4)c4cc(-c6ccccc6)ccc4-5)cc3)cc2)cc1. The molecular formula is C67H45NO. The minimum absolute atomic E-state index is 0.696. The van der Waals surface area contributed by atoms with Crippen LogP contribution in [0.2, 0.25) is 0 Å². The van der Waals surface area contributed by atoms with Gasteiger partial charge in [-0.25, -0.2) is 0 Å². The molecule has 69 heavy (non-hydrogen) atoms. The number of benzene rings is 11. The number of nitrogens with zero attached hydrogens (tertiary/aromatic N) is 1. The number of para-hydroxylation sites is 1. The third kappa shape index (κ3) is 6.72. The maximum atomic E-state index is 7.07. The van der Waals surface area contributed by atoms with Crippen molar-refractivity contribution in [2.24, 2.45) is 0 Å². The lowest BCUT2D eigenvalue weighted by atomic mass is 9.67. The summed E-state index contributed by atoms with van der Waals surface area (Å²) in [6.07, 6.45) is 0. The van der Waals surface area contributed by atoms with Crippen molar-refractivity contribution in [1.29, 1.82) is 0 Å². The van der Waals surface area contributed by atoms with E-state index in [4.69, 9.17) is 4.42 Å². The van der Waals surface area contributed by atoms with Crippen molar-refractivity contribution in [2.75, 3.05) is 4.90 Å². The molecule has 12 aromatic rings. The third-order valence-corrected chi connectivity index (χ3v) is 14.2. The second-order valence-electron chi connectivity index (χ2n) is 18.0. The zero-order valence-corrected chi connectivity index (χ0v) is 37.8. The first-order valence-corrected chi connectivity index (χ1v) is 23.7. The Labute approximate surface area is 402 Å². The molecule has 0 amide bonds. The molecule has 1 heterocycles. The Morgan fingerprint density at radius 1 is 0.304 bits per heavy atom. The van der Waals surface area contributed by atoms with E-state index in [0.717, 1.165) is 50.1 Å². The molecule has 2 heteroatoms. The van der Waals surface area contributed by atoms with Crippen LogP contribution in [-0.4, -0.2) is 0 Å². The van der Waals surface area contributed by atoms with Crippen molar-refractivity contribution in [3.05, 3.63) is 295 Å². The minimum Gasteiger partial charge on any atom is -0.456 e. The molecule has 0 aliphatic heterocycles. The standard InChI is InChI=1S/C67H45NO/c1-6-18-46(19-7-1)49-30-32-50(33-31-49)52-36-41-57(42-37-52)68(56-39-34-51(35-40-56)47-20-8-2-9-21-47)66-64-58-43-38-53(48-22-10-3-11-23-48)44-60(58)67(54-24-12-4-13-25-54,55-26-14-5-15-27-55)61(64)45-63-65(66)59-28-16-17-29-62(59)69-63/h1-45H. The summed E-state index contributed by atoms with van der Waals surface area (Å²) in [4.78, 5) is 2.49. The second kappa shape index (κ2) is 16.7. The monoisotopic (exact) mass is 879 g/mol. The van der Waals surface area contributed by atoms with Crippen LogP contribution in [0.25, 0.3) is 77.6 Å². The zero-order valence-electron chi connectivity index (χ0n) is 37.8. The first-order chi connectivity index (χ1) is 34.2. The molecule has 0 spiro atoms. The fraction of sp³-hybridized carbons (Fsp3) is 0.0149. The van der Waals surface area contributed by atoms with E-state index in [1.165, 1.54) is 66.8 Å². The molecule has 13 rings (SSSR count). The predicted octanol–water partition coefficient (Wildman–Crippen LogP) is 18.1. The van der Waals surface area contributed by atoms with Crippen LogP contribution in [0.5, 0.6) is 0 Å². The topological polar surface area (TPSA) is 16.4 Å². The number of rotatable bonds is 9. The molecule has 0 saturated carbocycles. The summed E-state index contributed by atoms with van der Waals surface area (Å²) in [7, 11) is 0. The van der Waals surface area contributed by atoms with Crippen molar-refractivity contribution in [3.63, 3.8) is 0 Å². The van der Waals surface area contributed by atoms with Gasteiger partial charge in [0, 0.05) is 22.3 Å². The van der Waals surface area contributed by atoms with Gasteiger partial charge < -0.3 is 9.32 Å². The van der Waals surface area contributed by atoms with E-state index < -0.39 is 5.41 Å². The van der Waals surface area contributed by atoms with Crippen LogP contribution in [0, 0.1) is 0 Å². The first kappa shape index (κ1) is 40.3. The summed E-state index contributed by atoms with van der Waals surface area (Å²) >= 11 is 0. The summed E-state index contributed by atoms with van der Waals surface area (Å²) in [6.45, 7) is 0. The van der Waals surface area contributed by atoms with Crippen LogP contribution in [0.15, 0.2) is 277 Å². The molecule has 0 bridgehead atoms. The van der Waals surface area contributed by atoms with E-state index in [1.807, 2.05) is 0 Å². The fourth-order valence-corrected chi connectivity index (χ4v) is 11.0. The van der Waals surface area contributed by atoms with Gasteiger partial charge in [-0.2, -0.15) is 0 Å². The van der Waals surface area contributed by atoms with Gasteiger partial charge in [0.15, 0.2) is 0 Å². The van der Waals surface area contributed by atoms with Crippen LogP contribution >= 0.6 is 0 Å². The van der Waals surface area contributed by atoms with Gasteiger partial charge in [-0.1, -0.05) is 231 Å². The third-order valence-electron chi connectivity index (χ3n) is 14.2. The van der Waals surface area contributed by atoms with Gasteiger partial charge in [0.05, 0.1) is 16.5 Å². The highest BCUT2D eigenvalue weighted by Crippen LogP contribution is 2.62. The lowest BCUT2D eigenvalue weighted by Crippen LogP contribution is -2.28. The average Bonchev–Trinajstić information content (AvgIpc) is 3.95. The normalized spacial score (nSPS) is 12.5. The molecular weight excluding hydrogens is 835 g/mol. The van der Waals surface area contributed by atoms with Crippen LogP contribution in [0.1, 0.15) is 22.3 Å². The Balaban J connectivity index is 1.11. The fourth-order valence-electron chi connectivity index (χ4n) is 11.0. The first-order valence-electron chi connectivity index (χ1n) is 23.7. The van der Waals surface area contributed by atoms with E-state index in [-0.39, 0.29) is 0 Å². The Bertz CT molecular complexity index is 3730. The molecule has 1 aliphatic carbocycles. The van der Waals surface area contributed by atoms with Crippen LogP contribution in [-0.2, 0) is 5.41 Å². The van der Waals surface area contributed by atoms with Crippen molar-refractivity contribution >= 4 is 39.0 Å². The van der Waals surface area contributed by atoms with Crippen LogP contribution in [0.3, 0.4) is 0 Å². The molecule has 324 valence electrons. The summed E-state index contributed by atoms with van der Waals surface area (Å²) in [5.41, 5.74) is 20.8. The summed E-state index contributed by atoms with van der Waals surface area (Å²) in [6, 6.07) is 99.2. The maximum Gasteiger partial charge on any atom is 0.137 e. The molecule has 1 aliphatic rings. The Kier molecular flexibility index (Phi) is 9.77. The number of hydrogen-bond acceptors (Lipinski definition) is 2. The molecule has 0 radical (unpaired) electrons. The van der Waals surface area contributed by atoms with Gasteiger partial charge in [0.1, 0.15) is 11.2 Å². The van der Waals surface area contributed by atoms with Gasteiger partial charge in [0.25, 0.3) is 0 Å². The van der Waals surface area contributed by atoms with Gasteiger partial charge in [-0.3, -0.25) is 0 Å². The van der Waals surface area contributed by atoms with Gasteiger partial charge >= 0.3 is 0 Å². The molecule has 11 aromatic carbocycles. The van der Waals surface area contributed by atoms with Crippen LogP contribution < -0.4 is 4.90 Å². The van der Waals surface area contributed by atoms with E-state index >= 15 is 0 Å². The van der Waals surface area contributed by atoms with E-state index in [1.54, 1.807) is 0 Å². The smallest absolute Gasteiger partial charge is 0.137 e. The molecule has 1 aromatic heterocycles. The molecule has 0 saturated heterocycles. The predicted molar refractivity (Wildman–Crippen MR) is 287 cm³/mol.